The average molecular weight is 271 g/mol. The Hall–Kier alpha value is -0.590. The van der Waals surface area contributed by atoms with Crippen molar-refractivity contribution in [1.29, 1.82) is 0 Å². The van der Waals surface area contributed by atoms with Crippen molar-refractivity contribution in [2.24, 2.45) is 5.41 Å². The van der Waals surface area contributed by atoms with Gasteiger partial charge in [-0.15, -0.1) is 0 Å². The molecule has 1 atom stereocenters. The first-order chi connectivity index (χ1) is 8.34. The van der Waals surface area contributed by atoms with Crippen LogP contribution in [0.25, 0.3) is 0 Å². The summed E-state index contributed by atoms with van der Waals surface area (Å²) in [5.41, 5.74) is -0.787. The first kappa shape index (κ1) is 13.8. The van der Waals surface area contributed by atoms with Crippen LogP contribution in [0.4, 0.5) is 0 Å². The van der Waals surface area contributed by atoms with E-state index in [4.69, 9.17) is 4.52 Å². The van der Waals surface area contributed by atoms with Crippen LogP contribution in [0.15, 0.2) is 4.52 Å². The van der Waals surface area contributed by atoms with Gasteiger partial charge in [-0.1, -0.05) is 19.0 Å². The minimum absolute atomic E-state index is 0.116. The highest BCUT2D eigenvalue weighted by molar-refractivity contribution is 7.97. The van der Waals surface area contributed by atoms with E-state index in [-0.39, 0.29) is 5.41 Å². The summed E-state index contributed by atoms with van der Waals surface area (Å²) < 4.78 is 5.22. The van der Waals surface area contributed by atoms with Gasteiger partial charge in [0.25, 0.3) is 0 Å². The van der Waals surface area contributed by atoms with Crippen molar-refractivity contribution >= 4 is 11.8 Å². The van der Waals surface area contributed by atoms with Crippen LogP contribution in [-0.2, 0) is 12.3 Å². The molecule has 0 amide bonds. The van der Waals surface area contributed by atoms with Gasteiger partial charge in [-0.25, -0.2) is 0 Å². The molecule has 2 rings (SSSR count). The third-order valence-corrected chi connectivity index (χ3v) is 4.30. The fourth-order valence-corrected chi connectivity index (χ4v) is 2.66. The zero-order valence-electron chi connectivity index (χ0n) is 11.4. The molecule has 1 aromatic rings. The monoisotopic (exact) mass is 271 g/mol. The highest BCUT2D eigenvalue weighted by atomic mass is 32.2. The smallest absolute Gasteiger partial charge is 0.240 e. The van der Waals surface area contributed by atoms with Crippen LogP contribution < -0.4 is 0 Å². The summed E-state index contributed by atoms with van der Waals surface area (Å²) >= 11 is 1.67. The summed E-state index contributed by atoms with van der Waals surface area (Å²) in [4.78, 5) is 6.50. The van der Waals surface area contributed by atoms with Gasteiger partial charge in [0, 0.05) is 18.5 Å². The fraction of sp³-hybridized carbons (Fsp3) is 0.833. The number of thioether (sulfide) groups is 1. The predicted octanol–water partition coefficient (Wildman–Crippen LogP) is 1.53. The molecule has 2 heterocycles. The molecule has 0 spiro atoms. The highest BCUT2D eigenvalue weighted by Gasteiger charge is 2.47. The number of hydrogen-bond donors (Lipinski definition) is 1. The van der Waals surface area contributed by atoms with Gasteiger partial charge >= 0.3 is 0 Å². The fourth-order valence-electron chi connectivity index (χ4n) is 2.28. The number of aliphatic hydroxyl groups is 1. The van der Waals surface area contributed by atoms with E-state index in [0.717, 1.165) is 18.1 Å². The first-order valence-corrected chi connectivity index (χ1v) is 7.48. The second-order valence-electron chi connectivity index (χ2n) is 5.84. The molecule has 18 heavy (non-hydrogen) atoms. The van der Waals surface area contributed by atoms with E-state index in [1.807, 2.05) is 13.2 Å². The summed E-state index contributed by atoms with van der Waals surface area (Å²) in [6, 6.07) is 0. The molecule has 0 saturated carbocycles. The van der Waals surface area contributed by atoms with Crippen molar-refractivity contribution in [2.45, 2.75) is 38.7 Å². The lowest BCUT2D eigenvalue weighted by atomic mass is 9.79. The van der Waals surface area contributed by atoms with Gasteiger partial charge in [-0.3, -0.25) is 4.90 Å². The average Bonchev–Trinajstić information content (AvgIpc) is 2.71. The molecule has 0 radical (unpaired) electrons. The topological polar surface area (TPSA) is 62.4 Å². The molecule has 6 heteroatoms. The molecule has 102 valence electrons. The molecule has 1 aliphatic rings. The predicted molar refractivity (Wildman–Crippen MR) is 71.2 cm³/mol. The summed E-state index contributed by atoms with van der Waals surface area (Å²) in [5, 5.41) is 14.3. The largest absolute Gasteiger partial charge is 0.388 e. The van der Waals surface area contributed by atoms with Crippen LogP contribution in [0.1, 0.15) is 32.5 Å². The normalized spacial score (nSPS) is 27.8. The zero-order valence-corrected chi connectivity index (χ0v) is 12.3. The summed E-state index contributed by atoms with van der Waals surface area (Å²) in [6.45, 7) is 8.14. The van der Waals surface area contributed by atoms with Gasteiger partial charge in [-0.2, -0.15) is 16.7 Å². The van der Waals surface area contributed by atoms with Gasteiger partial charge in [0.2, 0.25) is 5.89 Å². The SMILES string of the molecule is CSCc1noc(CN2CC(C)(C)[C@](C)(O)C2)n1. The Morgan fingerprint density at radius 3 is 2.67 bits per heavy atom. The molecular weight excluding hydrogens is 250 g/mol. The lowest BCUT2D eigenvalue weighted by molar-refractivity contribution is -0.0112. The maximum atomic E-state index is 10.3. The van der Waals surface area contributed by atoms with E-state index in [1.165, 1.54) is 0 Å². The molecule has 1 aliphatic heterocycles. The molecule has 1 N–H and O–H groups in total. The Morgan fingerprint density at radius 2 is 2.11 bits per heavy atom. The minimum atomic E-state index is -0.672. The number of likely N-dealkylation sites (tertiary alicyclic amines) is 1. The van der Waals surface area contributed by atoms with Crippen LogP contribution in [0.5, 0.6) is 0 Å². The number of nitrogens with zero attached hydrogens (tertiary/aromatic N) is 3. The molecule has 1 aromatic heterocycles. The molecule has 1 saturated heterocycles. The van der Waals surface area contributed by atoms with E-state index in [2.05, 4.69) is 28.9 Å². The van der Waals surface area contributed by atoms with Gasteiger partial charge in [-0.05, 0) is 13.2 Å². The van der Waals surface area contributed by atoms with Gasteiger partial charge < -0.3 is 9.63 Å². The van der Waals surface area contributed by atoms with E-state index in [1.54, 1.807) is 11.8 Å². The van der Waals surface area contributed by atoms with Crippen molar-refractivity contribution in [3.05, 3.63) is 11.7 Å². The van der Waals surface area contributed by atoms with E-state index < -0.39 is 5.60 Å². The lowest BCUT2D eigenvalue weighted by Crippen LogP contribution is -2.40. The standard InChI is InChI=1S/C12H21N3O2S/c1-11(2)7-15(8-12(11,3)16)5-10-13-9(6-18-4)14-17-10/h16H,5-8H2,1-4H3/t12-/m1/s1. The molecule has 0 unspecified atom stereocenters. The Kier molecular flexibility index (Phi) is 3.71. The van der Waals surface area contributed by atoms with Crippen LogP contribution in [0.3, 0.4) is 0 Å². The molecule has 0 bridgehead atoms. The molecule has 0 aliphatic carbocycles. The van der Waals surface area contributed by atoms with Gasteiger partial charge in [0.15, 0.2) is 5.82 Å². The first-order valence-electron chi connectivity index (χ1n) is 6.09. The molecule has 1 fully saturated rings. The Morgan fingerprint density at radius 1 is 1.39 bits per heavy atom. The summed E-state index contributed by atoms with van der Waals surface area (Å²) in [6.07, 6.45) is 2.01. The van der Waals surface area contributed by atoms with Crippen molar-refractivity contribution in [2.75, 3.05) is 19.3 Å². The number of rotatable bonds is 4. The van der Waals surface area contributed by atoms with Crippen molar-refractivity contribution in [3.63, 3.8) is 0 Å². The number of β-amino-alcohol motifs (C(OH)–C–C–N with tert-alkyl or cyclic N) is 1. The quantitative estimate of drug-likeness (QED) is 0.896. The van der Waals surface area contributed by atoms with Crippen LogP contribution >= 0.6 is 11.8 Å². The van der Waals surface area contributed by atoms with Crippen molar-refractivity contribution in [1.82, 2.24) is 15.0 Å². The minimum Gasteiger partial charge on any atom is -0.388 e. The molecule has 0 aromatic carbocycles. The second kappa shape index (κ2) is 4.83. The van der Waals surface area contributed by atoms with Crippen LogP contribution in [-0.4, -0.2) is 45.1 Å². The van der Waals surface area contributed by atoms with Crippen molar-refractivity contribution in [3.8, 4) is 0 Å². The van der Waals surface area contributed by atoms with Crippen LogP contribution in [0.2, 0.25) is 0 Å². The Labute approximate surface area is 112 Å². The third kappa shape index (κ3) is 2.70. The summed E-state index contributed by atoms with van der Waals surface area (Å²) in [7, 11) is 0. The van der Waals surface area contributed by atoms with Gasteiger partial charge in [0.1, 0.15) is 0 Å². The molecule has 5 nitrogen and oxygen atoms in total. The van der Waals surface area contributed by atoms with Gasteiger partial charge in [0.05, 0.1) is 17.9 Å². The summed E-state index contributed by atoms with van der Waals surface area (Å²) in [5.74, 6) is 2.14. The second-order valence-corrected chi connectivity index (χ2v) is 6.71. The van der Waals surface area contributed by atoms with Crippen molar-refractivity contribution < 1.29 is 9.63 Å². The van der Waals surface area contributed by atoms with E-state index in [0.29, 0.717) is 19.0 Å². The zero-order chi connectivity index (χ0) is 13.4. The van der Waals surface area contributed by atoms with E-state index >= 15 is 0 Å². The van der Waals surface area contributed by atoms with Crippen LogP contribution in [0, 0.1) is 5.41 Å². The molecular formula is C12H21N3O2S. The third-order valence-electron chi connectivity index (χ3n) is 3.75. The Balaban J connectivity index is 1.99. The Bertz CT molecular complexity index is 401. The maximum absolute atomic E-state index is 10.3. The highest BCUT2D eigenvalue weighted by Crippen LogP contribution is 2.38. The number of aromatic nitrogens is 2. The van der Waals surface area contributed by atoms with E-state index in [9.17, 15) is 5.11 Å². The maximum Gasteiger partial charge on any atom is 0.240 e. The lowest BCUT2D eigenvalue weighted by Gasteiger charge is -2.31. The number of hydrogen-bond acceptors (Lipinski definition) is 6.